The molecular formula is C22H26N2O6. The average Bonchev–Trinajstić information content (AvgIpc) is 2.76. The summed E-state index contributed by atoms with van der Waals surface area (Å²) < 4.78 is 11.3. The van der Waals surface area contributed by atoms with E-state index in [-0.39, 0.29) is 13.2 Å². The average molecular weight is 414 g/mol. The number of nitrogens with one attached hydrogen (secondary N) is 2. The van der Waals surface area contributed by atoms with E-state index in [0.717, 1.165) is 11.6 Å². The maximum absolute atomic E-state index is 12.5. The van der Waals surface area contributed by atoms with Crippen LogP contribution in [-0.2, 0) is 9.53 Å². The van der Waals surface area contributed by atoms with Gasteiger partial charge in [0.25, 0.3) is 5.91 Å². The van der Waals surface area contributed by atoms with Crippen molar-refractivity contribution in [2.24, 2.45) is 5.92 Å². The molecule has 0 radical (unpaired) electrons. The molecule has 2 aromatic carbocycles. The monoisotopic (exact) mass is 414 g/mol. The number of hydroxylamine groups is 1. The second-order valence-corrected chi connectivity index (χ2v) is 6.62. The Morgan fingerprint density at radius 2 is 1.83 bits per heavy atom. The zero-order valence-electron chi connectivity index (χ0n) is 16.9. The zero-order valence-corrected chi connectivity index (χ0v) is 16.9. The van der Waals surface area contributed by atoms with E-state index in [1.165, 1.54) is 11.6 Å². The van der Waals surface area contributed by atoms with Crippen molar-refractivity contribution in [3.63, 3.8) is 0 Å². The molecule has 30 heavy (non-hydrogen) atoms. The minimum Gasteiger partial charge on any atom is -0.491 e. The third kappa shape index (κ3) is 6.91. The summed E-state index contributed by atoms with van der Waals surface area (Å²) >= 11 is 0. The van der Waals surface area contributed by atoms with Gasteiger partial charge in [0.15, 0.2) is 0 Å². The first kappa shape index (κ1) is 22.9. The van der Waals surface area contributed by atoms with Crippen LogP contribution in [0.5, 0.6) is 5.75 Å². The van der Waals surface area contributed by atoms with Gasteiger partial charge < -0.3 is 14.6 Å². The van der Waals surface area contributed by atoms with Gasteiger partial charge >= 0.3 is 6.09 Å². The summed E-state index contributed by atoms with van der Waals surface area (Å²) in [5, 5.41) is 20.4. The summed E-state index contributed by atoms with van der Waals surface area (Å²) in [6.07, 6.45) is 1.19. The van der Waals surface area contributed by atoms with Crippen LogP contribution in [0.25, 0.3) is 0 Å². The molecule has 8 nitrogen and oxygen atoms in total. The number of carbonyl (C=O) groups excluding carboxylic acids is 2. The van der Waals surface area contributed by atoms with E-state index in [2.05, 4.69) is 5.32 Å². The Balaban J connectivity index is 2.27. The smallest absolute Gasteiger partial charge is 0.412 e. The minimum atomic E-state index is -0.798. The van der Waals surface area contributed by atoms with Gasteiger partial charge in [-0.25, -0.2) is 10.3 Å². The second-order valence-electron chi connectivity index (χ2n) is 6.62. The Labute approximate surface area is 175 Å². The van der Waals surface area contributed by atoms with Gasteiger partial charge in [-0.3, -0.25) is 15.3 Å². The second kappa shape index (κ2) is 11.6. The van der Waals surface area contributed by atoms with E-state index in [9.17, 15) is 9.59 Å². The number of amides is 2. The van der Waals surface area contributed by atoms with Gasteiger partial charge in [0.05, 0.1) is 6.61 Å². The van der Waals surface area contributed by atoms with Gasteiger partial charge in [0.2, 0.25) is 0 Å². The Morgan fingerprint density at radius 1 is 1.13 bits per heavy atom. The predicted molar refractivity (Wildman–Crippen MR) is 111 cm³/mol. The molecule has 2 atom stereocenters. The molecule has 0 spiro atoms. The van der Waals surface area contributed by atoms with E-state index >= 15 is 0 Å². The van der Waals surface area contributed by atoms with Gasteiger partial charge in [0.1, 0.15) is 18.5 Å². The van der Waals surface area contributed by atoms with Crippen LogP contribution in [0.15, 0.2) is 60.7 Å². The Kier molecular flexibility index (Phi) is 8.86. The van der Waals surface area contributed by atoms with Crippen molar-refractivity contribution in [2.75, 3.05) is 18.5 Å². The zero-order chi connectivity index (χ0) is 21.9. The molecule has 0 aliphatic heterocycles. The van der Waals surface area contributed by atoms with E-state index in [4.69, 9.17) is 19.8 Å². The highest BCUT2D eigenvalue weighted by molar-refractivity contribution is 5.86. The molecule has 2 rings (SSSR count). The molecule has 0 aliphatic carbocycles. The number of benzene rings is 2. The number of rotatable bonds is 9. The molecule has 0 saturated heterocycles. The highest BCUT2D eigenvalue weighted by atomic mass is 16.6. The molecule has 0 saturated carbocycles. The Morgan fingerprint density at radius 3 is 2.50 bits per heavy atom. The van der Waals surface area contributed by atoms with Gasteiger partial charge in [-0.1, -0.05) is 48.9 Å². The third-order valence-electron chi connectivity index (χ3n) is 4.25. The number of ether oxygens (including phenoxy) is 2. The quantitative estimate of drug-likeness (QED) is 0.284. The maximum Gasteiger partial charge on any atom is 0.412 e. The molecule has 2 amide bonds. The van der Waals surface area contributed by atoms with E-state index in [1.807, 2.05) is 19.1 Å². The lowest BCUT2D eigenvalue weighted by Crippen LogP contribution is -2.22. The van der Waals surface area contributed by atoms with Crippen LogP contribution in [0.2, 0.25) is 0 Å². The number of anilines is 1. The molecule has 0 unspecified atom stereocenters. The molecule has 0 fully saturated rings. The molecule has 0 heterocycles. The van der Waals surface area contributed by atoms with Crippen molar-refractivity contribution < 1.29 is 29.4 Å². The molecular weight excluding hydrogens is 388 g/mol. The van der Waals surface area contributed by atoms with Crippen LogP contribution in [0.3, 0.4) is 0 Å². The first-order valence-electron chi connectivity index (χ1n) is 9.43. The first-order chi connectivity index (χ1) is 14.4. The number of para-hydroxylation sites is 1. The summed E-state index contributed by atoms with van der Waals surface area (Å²) in [6.45, 7) is 3.61. The summed E-state index contributed by atoms with van der Waals surface area (Å²) in [5.41, 5.74) is 3.73. The van der Waals surface area contributed by atoms with Crippen LogP contribution in [-0.4, -0.2) is 35.5 Å². The van der Waals surface area contributed by atoms with Crippen molar-refractivity contribution >= 4 is 17.7 Å². The van der Waals surface area contributed by atoms with Gasteiger partial charge in [-0.15, -0.1) is 0 Å². The number of aliphatic hydroxyl groups is 1. The standard InChI is InChI=1S/C22H26N2O6/c1-15-7-10-17(11-8-15)23-22(27)30-21(16(2)9-12-20(26)24-28)18-5-3-4-6-19(18)29-14-13-25/h3-12,16,21,25,28H,13-14H2,1-2H3,(H,23,27)(H,24,26)/b12-9+/t16-,21+/m0/s1. The fourth-order valence-electron chi connectivity index (χ4n) is 2.73. The van der Waals surface area contributed by atoms with Crippen LogP contribution in [0.1, 0.15) is 24.2 Å². The lowest BCUT2D eigenvalue weighted by atomic mass is 9.96. The van der Waals surface area contributed by atoms with Crippen molar-refractivity contribution in [3.05, 3.63) is 71.8 Å². The number of aliphatic hydroxyl groups excluding tert-OH is 1. The van der Waals surface area contributed by atoms with Crippen molar-refractivity contribution in [3.8, 4) is 5.75 Å². The summed E-state index contributed by atoms with van der Waals surface area (Å²) in [5.74, 6) is -0.689. The maximum atomic E-state index is 12.5. The lowest BCUT2D eigenvalue weighted by molar-refractivity contribution is -0.124. The van der Waals surface area contributed by atoms with E-state index < -0.39 is 24.0 Å². The highest BCUT2D eigenvalue weighted by Crippen LogP contribution is 2.34. The fourth-order valence-corrected chi connectivity index (χ4v) is 2.73. The Bertz CT molecular complexity index is 866. The van der Waals surface area contributed by atoms with Crippen molar-refractivity contribution in [1.29, 1.82) is 0 Å². The third-order valence-corrected chi connectivity index (χ3v) is 4.25. The Hall–Kier alpha value is -3.36. The van der Waals surface area contributed by atoms with Gasteiger partial charge in [-0.05, 0) is 25.1 Å². The van der Waals surface area contributed by atoms with Gasteiger partial charge in [-0.2, -0.15) is 0 Å². The summed E-state index contributed by atoms with van der Waals surface area (Å²) in [4.78, 5) is 23.9. The minimum absolute atomic E-state index is 0.0798. The molecule has 2 aromatic rings. The van der Waals surface area contributed by atoms with E-state index in [1.54, 1.807) is 43.3 Å². The van der Waals surface area contributed by atoms with E-state index in [0.29, 0.717) is 17.0 Å². The topological polar surface area (TPSA) is 117 Å². The summed E-state index contributed by atoms with van der Waals surface area (Å²) in [6, 6.07) is 14.2. The number of hydrogen-bond donors (Lipinski definition) is 4. The first-order valence-corrected chi connectivity index (χ1v) is 9.43. The van der Waals surface area contributed by atoms with Gasteiger partial charge in [0, 0.05) is 23.2 Å². The number of hydrogen-bond acceptors (Lipinski definition) is 6. The molecule has 8 heteroatoms. The molecule has 4 N–H and O–H groups in total. The molecule has 0 aliphatic rings. The molecule has 0 bridgehead atoms. The van der Waals surface area contributed by atoms with Crippen molar-refractivity contribution in [2.45, 2.75) is 20.0 Å². The normalized spacial score (nSPS) is 12.8. The highest BCUT2D eigenvalue weighted by Gasteiger charge is 2.25. The van der Waals surface area contributed by atoms with Crippen LogP contribution < -0.4 is 15.5 Å². The molecule has 160 valence electrons. The van der Waals surface area contributed by atoms with Crippen LogP contribution >= 0.6 is 0 Å². The number of aryl methyl sites for hydroxylation is 1. The van der Waals surface area contributed by atoms with Crippen molar-refractivity contribution in [1.82, 2.24) is 5.48 Å². The largest absolute Gasteiger partial charge is 0.491 e. The summed E-state index contributed by atoms with van der Waals surface area (Å²) in [7, 11) is 0. The fraction of sp³-hybridized carbons (Fsp3) is 0.273. The SMILES string of the molecule is Cc1ccc(NC(=O)O[C@@H](c2ccccc2OCCO)[C@@H](C)/C=C/C(=O)NO)cc1. The lowest BCUT2D eigenvalue weighted by Gasteiger charge is -2.24. The molecule has 0 aromatic heterocycles. The predicted octanol–water partition coefficient (Wildman–Crippen LogP) is 3.35. The number of carbonyl (C=O) groups is 2. The van der Waals surface area contributed by atoms with Crippen LogP contribution in [0, 0.1) is 12.8 Å². The van der Waals surface area contributed by atoms with Crippen LogP contribution in [0.4, 0.5) is 10.5 Å².